The predicted molar refractivity (Wildman–Crippen MR) is 79.5 cm³/mol. The minimum atomic E-state index is 0.691. The van der Waals surface area contributed by atoms with Crippen LogP contribution in [0.2, 0.25) is 5.02 Å². The molecule has 0 spiro atoms. The summed E-state index contributed by atoms with van der Waals surface area (Å²) in [5.74, 6) is 0. The Hall–Kier alpha value is -0.960. The molecular formula is C15H16ClNS. The number of aryl methyl sites for hydroxylation is 1. The van der Waals surface area contributed by atoms with Crippen molar-refractivity contribution in [3.8, 4) is 0 Å². The van der Waals surface area contributed by atoms with Crippen molar-refractivity contribution in [3.05, 3.63) is 58.6 Å². The summed E-state index contributed by atoms with van der Waals surface area (Å²) in [4.78, 5) is 2.33. The van der Waals surface area contributed by atoms with Crippen LogP contribution in [-0.4, -0.2) is 6.54 Å². The molecule has 0 aliphatic heterocycles. The molecular weight excluding hydrogens is 262 g/mol. The number of rotatable bonds is 4. The first-order chi connectivity index (χ1) is 8.70. The number of hydrogen-bond donors (Lipinski definition) is 1. The smallest absolute Gasteiger partial charge is 0.0545 e. The van der Waals surface area contributed by atoms with Gasteiger partial charge in [0.25, 0.3) is 0 Å². The van der Waals surface area contributed by atoms with Crippen LogP contribution in [0, 0.1) is 6.92 Å². The topological polar surface area (TPSA) is 26.0 Å². The average molecular weight is 278 g/mol. The molecule has 2 N–H and O–H groups in total. The van der Waals surface area contributed by atoms with Gasteiger partial charge in [-0.1, -0.05) is 47.6 Å². The van der Waals surface area contributed by atoms with Crippen molar-refractivity contribution in [2.75, 3.05) is 6.54 Å². The maximum Gasteiger partial charge on any atom is 0.0545 e. The summed E-state index contributed by atoms with van der Waals surface area (Å²) in [6, 6.07) is 14.4. The molecule has 0 amide bonds. The summed E-state index contributed by atoms with van der Waals surface area (Å²) < 4.78 is 0. The number of hydrogen-bond acceptors (Lipinski definition) is 2. The van der Waals surface area contributed by atoms with Crippen molar-refractivity contribution in [1.29, 1.82) is 0 Å². The van der Waals surface area contributed by atoms with Gasteiger partial charge in [0.2, 0.25) is 0 Å². The van der Waals surface area contributed by atoms with E-state index >= 15 is 0 Å². The molecule has 0 heterocycles. The van der Waals surface area contributed by atoms with Gasteiger partial charge in [0.15, 0.2) is 0 Å². The van der Waals surface area contributed by atoms with E-state index in [9.17, 15) is 0 Å². The lowest BCUT2D eigenvalue weighted by atomic mass is 10.1. The Bertz CT molecular complexity index is 540. The SMILES string of the molecule is Cc1cc(CCN)ccc1Sc1ccccc1Cl. The Morgan fingerprint density at radius 3 is 2.56 bits per heavy atom. The monoisotopic (exact) mass is 277 g/mol. The molecule has 0 saturated carbocycles. The Morgan fingerprint density at radius 1 is 1.11 bits per heavy atom. The number of nitrogens with two attached hydrogens (primary N) is 1. The maximum atomic E-state index is 6.17. The van der Waals surface area contributed by atoms with E-state index < -0.39 is 0 Å². The third kappa shape index (κ3) is 3.29. The van der Waals surface area contributed by atoms with E-state index in [0.29, 0.717) is 6.54 Å². The normalized spacial score (nSPS) is 10.6. The van der Waals surface area contributed by atoms with Crippen molar-refractivity contribution < 1.29 is 0 Å². The van der Waals surface area contributed by atoms with Crippen LogP contribution in [0.1, 0.15) is 11.1 Å². The first kappa shape index (κ1) is 13.5. The van der Waals surface area contributed by atoms with Gasteiger partial charge >= 0.3 is 0 Å². The molecule has 0 radical (unpaired) electrons. The fraction of sp³-hybridized carbons (Fsp3) is 0.200. The lowest BCUT2D eigenvalue weighted by Crippen LogP contribution is -2.02. The summed E-state index contributed by atoms with van der Waals surface area (Å²) in [6.07, 6.45) is 0.928. The third-order valence-corrected chi connectivity index (χ3v) is 4.42. The fourth-order valence-electron chi connectivity index (χ4n) is 1.79. The van der Waals surface area contributed by atoms with E-state index in [1.807, 2.05) is 24.3 Å². The number of halogens is 1. The van der Waals surface area contributed by atoms with Crippen LogP contribution in [-0.2, 0) is 6.42 Å². The van der Waals surface area contributed by atoms with E-state index in [1.54, 1.807) is 11.8 Å². The molecule has 3 heteroatoms. The van der Waals surface area contributed by atoms with Gasteiger partial charge in [-0.2, -0.15) is 0 Å². The second-order valence-electron chi connectivity index (χ2n) is 4.17. The summed E-state index contributed by atoms with van der Waals surface area (Å²) in [5.41, 5.74) is 8.13. The van der Waals surface area contributed by atoms with Crippen LogP contribution in [0.25, 0.3) is 0 Å². The molecule has 0 aromatic heterocycles. The predicted octanol–water partition coefficient (Wildman–Crippen LogP) is 4.30. The first-order valence-corrected chi connectivity index (χ1v) is 7.12. The van der Waals surface area contributed by atoms with E-state index in [4.69, 9.17) is 17.3 Å². The zero-order chi connectivity index (χ0) is 13.0. The van der Waals surface area contributed by atoms with Crippen molar-refractivity contribution in [2.24, 2.45) is 5.73 Å². The van der Waals surface area contributed by atoms with Crippen molar-refractivity contribution in [1.82, 2.24) is 0 Å². The lowest BCUT2D eigenvalue weighted by molar-refractivity contribution is 0.963. The molecule has 0 aliphatic rings. The Labute approximate surface area is 117 Å². The molecule has 94 valence electrons. The molecule has 0 aliphatic carbocycles. The highest BCUT2D eigenvalue weighted by Gasteiger charge is 2.05. The lowest BCUT2D eigenvalue weighted by Gasteiger charge is -2.09. The van der Waals surface area contributed by atoms with Gasteiger partial charge in [0.05, 0.1) is 5.02 Å². The van der Waals surface area contributed by atoms with Crippen molar-refractivity contribution in [2.45, 2.75) is 23.1 Å². The Morgan fingerprint density at radius 2 is 1.89 bits per heavy atom. The molecule has 2 aromatic carbocycles. The molecule has 2 rings (SSSR count). The van der Waals surface area contributed by atoms with Gasteiger partial charge in [0, 0.05) is 9.79 Å². The van der Waals surface area contributed by atoms with Crippen LogP contribution >= 0.6 is 23.4 Å². The van der Waals surface area contributed by atoms with Crippen LogP contribution in [0.3, 0.4) is 0 Å². The van der Waals surface area contributed by atoms with Gasteiger partial charge in [-0.15, -0.1) is 0 Å². The average Bonchev–Trinajstić information content (AvgIpc) is 2.35. The Balaban J connectivity index is 2.22. The van der Waals surface area contributed by atoms with Crippen LogP contribution < -0.4 is 5.73 Å². The van der Waals surface area contributed by atoms with E-state index in [1.165, 1.54) is 16.0 Å². The highest BCUT2D eigenvalue weighted by Crippen LogP contribution is 2.34. The zero-order valence-corrected chi connectivity index (χ0v) is 11.9. The highest BCUT2D eigenvalue weighted by molar-refractivity contribution is 7.99. The molecule has 2 aromatic rings. The second-order valence-corrected chi connectivity index (χ2v) is 5.66. The second kappa shape index (κ2) is 6.28. The summed E-state index contributed by atoms with van der Waals surface area (Å²) in [6.45, 7) is 2.82. The minimum absolute atomic E-state index is 0.691. The van der Waals surface area contributed by atoms with Gasteiger partial charge in [-0.05, 0) is 49.2 Å². The van der Waals surface area contributed by atoms with E-state index in [-0.39, 0.29) is 0 Å². The summed E-state index contributed by atoms with van der Waals surface area (Å²) in [7, 11) is 0. The van der Waals surface area contributed by atoms with Crippen molar-refractivity contribution in [3.63, 3.8) is 0 Å². The summed E-state index contributed by atoms with van der Waals surface area (Å²) >= 11 is 7.87. The highest BCUT2D eigenvalue weighted by atomic mass is 35.5. The first-order valence-electron chi connectivity index (χ1n) is 5.92. The standard InChI is InChI=1S/C15H16ClNS/c1-11-10-12(8-9-17)6-7-14(11)18-15-5-3-2-4-13(15)16/h2-7,10H,8-9,17H2,1H3. The molecule has 0 fully saturated rings. The van der Waals surface area contributed by atoms with Gasteiger partial charge in [-0.25, -0.2) is 0 Å². The largest absolute Gasteiger partial charge is 0.330 e. The van der Waals surface area contributed by atoms with Crippen LogP contribution in [0.15, 0.2) is 52.3 Å². The molecule has 18 heavy (non-hydrogen) atoms. The van der Waals surface area contributed by atoms with Gasteiger partial charge in [0.1, 0.15) is 0 Å². The molecule has 0 saturated heterocycles. The molecule has 1 nitrogen and oxygen atoms in total. The molecule has 0 atom stereocenters. The summed E-state index contributed by atoms with van der Waals surface area (Å²) in [5, 5.41) is 0.799. The molecule has 0 bridgehead atoms. The van der Waals surface area contributed by atoms with Crippen LogP contribution in [0.4, 0.5) is 0 Å². The quantitative estimate of drug-likeness (QED) is 0.902. The van der Waals surface area contributed by atoms with Crippen LogP contribution in [0.5, 0.6) is 0 Å². The number of benzene rings is 2. The van der Waals surface area contributed by atoms with Gasteiger partial charge < -0.3 is 5.73 Å². The molecule has 0 unspecified atom stereocenters. The zero-order valence-electron chi connectivity index (χ0n) is 10.3. The fourth-order valence-corrected chi connectivity index (χ4v) is 2.95. The Kier molecular flexibility index (Phi) is 4.70. The van der Waals surface area contributed by atoms with E-state index in [0.717, 1.165) is 16.3 Å². The minimum Gasteiger partial charge on any atom is -0.330 e. The van der Waals surface area contributed by atoms with Gasteiger partial charge in [-0.3, -0.25) is 0 Å². The van der Waals surface area contributed by atoms with E-state index in [2.05, 4.69) is 25.1 Å². The van der Waals surface area contributed by atoms with Crippen molar-refractivity contribution >= 4 is 23.4 Å². The third-order valence-electron chi connectivity index (χ3n) is 2.73. The maximum absolute atomic E-state index is 6.17.